The standard InChI is InChI=1S/C48H59ClN2O5/c1-34(33-56-44-20-25-50-43-17-8-11-35(2)45(43)44)29-38-30-37-18-19-41(55-28-7-6-26-54-27-10-14-36-12-4-3-5-13-36)32-42(37)47(38)21-23-48(24-22-47,46(52)53)51-40-16-9-15-39(49)31-40/h3-5,9,12-13,15-16,18-20,25,31-32,34-35,38,51H,6-8,10-11,14,17,21-24,26-30,33H2,1-2H3,(H,52,53)/t34-,35-,38+,47?,48?/m1/s1. The molecule has 1 aromatic heterocycles. The Morgan fingerprint density at radius 3 is 2.55 bits per heavy atom. The van der Waals surface area contributed by atoms with E-state index in [0.717, 1.165) is 88.2 Å². The van der Waals surface area contributed by atoms with Gasteiger partial charge in [0, 0.05) is 41.4 Å². The van der Waals surface area contributed by atoms with Crippen LogP contribution in [-0.2, 0) is 34.2 Å². The zero-order valence-electron chi connectivity index (χ0n) is 33.2. The van der Waals surface area contributed by atoms with Crippen LogP contribution in [0, 0.1) is 11.8 Å². The van der Waals surface area contributed by atoms with Gasteiger partial charge in [0.2, 0.25) is 0 Å². The van der Waals surface area contributed by atoms with Gasteiger partial charge in [0.15, 0.2) is 0 Å². The topological polar surface area (TPSA) is 89.9 Å². The number of hydrogen-bond donors (Lipinski definition) is 2. The van der Waals surface area contributed by atoms with E-state index in [1.807, 2.05) is 36.5 Å². The lowest BCUT2D eigenvalue weighted by atomic mass is 9.59. The number of hydrogen-bond acceptors (Lipinski definition) is 6. The van der Waals surface area contributed by atoms with Crippen LogP contribution in [0.1, 0.15) is 112 Å². The molecule has 1 spiro atoms. The summed E-state index contributed by atoms with van der Waals surface area (Å²) in [7, 11) is 0. The number of carbonyl (C=O) groups is 1. The van der Waals surface area contributed by atoms with Gasteiger partial charge in [-0.05, 0) is 160 Å². The largest absolute Gasteiger partial charge is 0.494 e. The van der Waals surface area contributed by atoms with Crippen LogP contribution in [0.25, 0.3) is 0 Å². The molecule has 8 heteroatoms. The fourth-order valence-corrected chi connectivity index (χ4v) is 9.98. The van der Waals surface area contributed by atoms with Crippen molar-refractivity contribution >= 4 is 23.3 Å². The Morgan fingerprint density at radius 1 is 0.946 bits per heavy atom. The lowest BCUT2D eigenvalue weighted by Crippen LogP contribution is -2.53. The number of carboxylic acid groups (broad SMARTS) is 1. The second-order valence-corrected chi connectivity index (χ2v) is 17.2. The third kappa shape index (κ3) is 9.37. The Kier molecular flexibility index (Phi) is 13.2. The van der Waals surface area contributed by atoms with Crippen molar-refractivity contribution in [3.05, 3.63) is 118 Å². The molecular formula is C48H59ClN2O5. The molecule has 0 bridgehead atoms. The molecule has 0 aliphatic heterocycles. The van der Waals surface area contributed by atoms with Gasteiger partial charge in [-0.2, -0.15) is 0 Å². The first kappa shape index (κ1) is 40.1. The molecule has 3 aromatic carbocycles. The minimum atomic E-state index is -1.06. The van der Waals surface area contributed by atoms with E-state index in [1.165, 1.54) is 40.8 Å². The van der Waals surface area contributed by atoms with E-state index >= 15 is 0 Å². The van der Waals surface area contributed by atoms with Crippen molar-refractivity contribution in [2.24, 2.45) is 11.8 Å². The van der Waals surface area contributed by atoms with Gasteiger partial charge in [-0.15, -0.1) is 0 Å². The van der Waals surface area contributed by atoms with Crippen molar-refractivity contribution in [3.63, 3.8) is 0 Å². The summed E-state index contributed by atoms with van der Waals surface area (Å²) in [5.41, 5.74) is 6.08. The molecular weight excluding hydrogens is 720 g/mol. The normalized spacial score (nSPS) is 23.3. The molecule has 3 atom stereocenters. The van der Waals surface area contributed by atoms with Crippen molar-refractivity contribution < 1.29 is 24.1 Å². The molecule has 4 aromatic rings. The van der Waals surface area contributed by atoms with E-state index in [9.17, 15) is 9.90 Å². The Hall–Kier alpha value is -4.07. The third-order valence-electron chi connectivity index (χ3n) is 12.8. The number of aromatic nitrogens is 1. The number of anilines is 1. The summed E-state index contributed by atoms with van der Waals surface area (Å²) in [4.78, 5) is 17.7. The average Bonchev–Trinajstić information content (AvgIpc) is 3.48. The number of benzene rings is 3. The molecule has 1 fully saturated rings. The maximum Gasteiger partial charge on any atom is 0.329 e. The highest BCUT2D eigenvalue weighted by Gasteiger charge is 2.54. The molecule has 0 unspecified atom stereocenters. The number of fused-ring (bicyclic) bond motifs is 3. The predicted octanol–water partition coefficient (Wildman–Crippen LogP) is 11.0. The van der Waals surface area contributed by atoms with E-state index in [4.69, 9.17) is 25.8 Å². The van der Waals surface area contributed by atoms with Crippen LogP contribution >= 0.6 is 11.6 Å². The number of aliphatic carboxylic acids is 1. The minimum Gasteiger partial charge on any atom is -0.494 e. The first-order chi connectivity index (χ1) is 27.2. The maximum absolute atomic E-state index is 13.0. The molecule has 3 aliphatic rings. The summed E-state index contributed by atoms with van der Waals surface area (Å²) in [6.45, 7) is 7.40. The first-order valence-electron chi connectivity index (χ1n) is 21.0. The summed E-state index contributed by atoms with van der Waals surface area (Å²) in [6, 6.07) is 26.7. The Labute approximate surface area is 338 Å². The van der Waals surface area contributed by atoms with Gasteiger partial charge in [-0.3, -0.25) is 4.98 Å². The summed E-state index contributed by atoms with van der Waals surface area (Å²) >= 11 is 6.31. The van der Waals surface area contributed by atoms with Crippen LogP contribution in [0.5, 0.6) is 11.5 Å². The Balaban J connectivity index is 1.01. The molecule has 0 saturated heterocycles. The Bertz CT molecular complexity index is 1910. The number of nitrogens with one attached hydrogen (secondary N) is 1. The van der Waals surface area contributed by atoms with Crippen LogP contribution in [0.3, 0.4) is 0 Å². The van der Waals surface area contributed by atoms with E-state index in [2.05, 4.69) is 72.7 Å². The number of pyridine rings is 1. The van der Waals surface area contributed by atoms with Gasteiger partial charge >= 0.3 is 5.97 Å². The zero-order chi connectivity index (χ0) is 39.0. The number of halogens is 1. The predicted molar refractivity (Wildman–Crippen MR) is 224 cm³/mol. The van der Waals surface area contributed by atoms with Crippen LogP contribution in [-0.4, -0.2) is 48.0 Å². The molecule has 0 amide bonds. The van der Waals surface area contributed by atoms with Crippen LogP contribution in [0.4, 0.5) is 5.69 Å². The average molecular weight is 779 g/mol. The van der Waals surface area contributed by atoms with Gasteiger partial charge in [0.05, 0.1) is 13.2 Å². The Morgan fingerprint density at radius 2 is 1.75 bits per heavy atom. The summed E-state index contributed by atoms with van der Waals surface area (Å²) in [5, 5.41) is 14.7. The third-order valence-corrected chi connectivity index (χ3v) is 13.0. The lowest BCUT2D eigenvalue weighted by Gasteiger charge is -2.47. The molecule has 2 N–H and O–H groups in total. The van der Waals surface area contributed by atoms with Gasteiger partial charge in [0.1, 0.15) is 17.0 Å². The van der Waals surface area contributed by atoms with E-state index in [0.29, 0.717) is 48.8 Å². The smallest absolute Gasteiger partial charge is 0.329 e. The van der Waals surface area contributed by atoms with E-state index in [-0.39, 0.29) is 5.41 Å². The molecule has 7 rings (SSSR count). The highest BCUT2D eigenvalue weighted by molar-refractivity contribution is 6.30. The number of ether oxygens (including phenoxy) is 3. The molecule has 1 saturated carbocycles. The summed E-state index contributed by atoms with van der Waals surface area (Å²) < 4.78 is 18.9. The number of rotatable bonds is 18. The molecule has 1 heterocycles. The molecule has 7 nitrogen and oxygen atoms in total. The highest BCUT2D eigenvalue weighted by Crippen LogP contribution is 2.57. The lowest BCUT2D eigenvalue weighted by molar-refractivity contribution is -0.144. The fraction of sp³-hybridized carbons (Fsp3) is 0.500. The zero-order valence-corrected chi connectivity index (χ0v) is 34.0. The number of unbranched alkanes of at least 4 members (excludes halogenated alkanes) is 1. The van der Waals surface area contributed by atoms with E-state index < -0.39 is 11.5 Å². The summed E-state index contributed by atoms with van der Waals surface area (Å²) in [5.74, 6) is 2.23. The molecule has 56 heavy (non-hydrogen) atoms. The van der Waals surface area contributed by atoms with E-state index in [1.54, 1.807) is 0 Å². The first-order valence-corrected chi connectivity index (χ1v) is 21.4. The second-order valence-electron chi connectivity index (χ2n) is 16.8. The minimum absolute atomic E-state index is 0.143. The highest BCUT2D eigenvalue weighted by atomic mass is 35.5. The summed E-state index contributed by atoms with van der Waals surface area (Å²) in [6.07, 6.45) is 13.8. The molecule has 298 valence electrons. The fourth-order valence-electron chi connectivity index (χ4n) is 9.79. The van der Waals surface area contributed by atoms with Crippen molar-refractivity contribution in [1.82, 2.24) is 4.98 Å². The van der Waals surface area contributed by atoms with Crippen molar-refractivity contribution in [3.8, 4) is 11.5 Å². The van der Waals surface area contributed by atoms with Gasteiger partial charge in [0.25, 0.3) is 0 Å². The van der Waals surface area contributed by atoms with Gasteiger partial charge in [-0.25, -0.2) is 4.79 Å². The monoisotopic (exact) mass is 778 g/mol. The maximum atomic E-state index is 13.0. The molecule has 0 radical (unpaired) electrons. The van der Waals surface area contributed by atoms with Gasteiger partial charge < -0.3 is 24.6 Å². The quantitative estimate of drug-likeness (QED) is 0.0972. The number of nitrogens with zero attached hydrogens (tertiary/aromatic N) is 1. The number of carboxylic acids is 1. The van der Waals surface area contributed by atoms with Crippen molar-refractivity contribution in [2.75, 3.05) is 31.7 Å². The SMILES string of the molecule is C[C@@H](COc1ccnc2c1[C@H](C)CCC2)C[C@H]1Cc2ccc(OCCCCOCCCc3ccccc3)cc2C12CCC(Nc1cccc(Cl)c1)(C(=O)O)CC2. The van der Waals surface area contributed by atoms with Crippen LogP contribution in [0.15, 0.2) is 85.1 Å². The van der Waals surface area contributed by atoms with Crippen molar-refractivity contribution in [1.29, 1.82) is 0 Å². The van der Waals surface area contributed by atoms with Gasteiger partial charge in [-0.1, -0.05) is 67.9 Å². The number of aryl methyl sites for hydroxylation is 2. The second kappa shape index (κ2) is 18.5. The van der Waals surface area contributed by atoms with Crippen molar-refractivity contribution in [2.45, 2.75) is 114 Å². The molecule has 3 aliphatic carbocycles. The van der Waals surface area contributed by atoms with Crippen LogP contribution < -0.4 is 14.8 Å². The van der Waals surface area contributed by atoms with Crippen LogP contribution in [0.2, 0.25) is 5.02 Å².